The molecule has 1 aliphatic rings. The number of urea groups is 1. The van der Waals surface area contributed by atoms with E-state index in [1.807, 2.05) is 24.3 Å². The van der Waals surface area contributed by atoms with Gasteiger partial charge in [-0.25, -0.2) is 9.18 Å². The van der Waals surface area contributed by atoms with Crippen LogP contribution in [0.2, 0.25) is 0 Å². The molecule has 0 saturated heterocycles. The van der Waals surface area contributed by atoms with Crippen LogP contribution in [-0.4, -0.2) is 25.1 Å². The van der Waals surface area contributed by atoms with Crippen LogP contribution in [0.4, 0.5) is 14.9 Å². The summed E-state index contributed by atoms with van der Waals surface area (Å²) in [6, 6.07) is 12.2. The maximum atomic E-state index is 13.0. The van der Waals surface area contributed by atoms with E-state index in [9.17, 15) is 14.0 Å². The molecule has 1 unspecified atom stereocenters. The molecule has 7 heteroatoms. The highest BCUT2D eigenvalue weighted by Gasteiger charge is 2.25. The van der Waals surface area contributed by atoms with Crippen LogP contribution >= 0.6 is 0 Å². The Morgan fingerprint density at radius 3 is 2.83 bits per heavy atom. The molecule has 0 spiro atoms. The van der Waals surface area contributed by atoms with Crippen molar-refractivity contribution >= 4 is 17.6 Å². The van der Waals surface area contributed by atoms with Crippen molar-refractivity contribution in [2.45, 2.75) is 6.04 Å². The van der Waals surface area contributed by atoms with Crippen molar-refractivity contribution in [2.75, 3.05) is 18.5 Å². The Labute approximate surface area is 138 Å². The molecule has 0 fully saturated rings. The van der Waals surface area contributed by atoms with Crippen LogP contribution in [0.3, 0.4) is 0 Å². The number of amides is 3. The number of carbonyl (C=O) groups excluding carboxylic acids is 2. The Bertz CT molecular complexity index is 766. The van der Waals surface area contributed by atoms with E-state index >= 15 is 0 Å². The summed E-state index contributed by atoms with van der Waals surface area (Å²) in [5, 5.41) is 7.71. The number of para-hydroxylation sites is 1. The first-order valence-electron chi connectivity index (χ1n) is 7.43. The third-order valence-corrected chi connectivity index (χ3v) is 3.52. The van der Waals surface area contributed by atoms with E-state index in [0.29, 0.717) is 12.3 Å². The maximum Gasteiger partial charge on any atom is 0.315 e. The summed E-state index contributed by atoms with van der Waals surface area (Å²) in [7, 11) is 0. The average Bonchev–Trinajstić information content (AvgIpc) is 2.96. The highest BCUT2D eigenvalue weighted by atomic mass is 19.1. The van der Waals surface area contributed by atoms with Crippen LogP contribution in [0.1, 0.15) is 11.6 Å². The molecule has 3 amide bonds. The lowest BCUT2D eigenvalue weighted by atomic mass is 10.1. The molecule has 0 bridgehead atoms. The summed E-state index contributed by atoms with van der Waals surface area (Å²) in [6.07, 6.45) is 0. The molecule has 2 aromatic rings. The summed E-state index contributed by atoms with van der Waals surface area (Å²) in [5.41, 5.74) is 1.23. The van der Waals surface area contributed by atoms with Gasteiger partial charge >= 0.3 is 6.03 Å². The lowest BCUT2D eigenvalue weighted by Crippen LogP contribution is -2.42. The zero-order valence-corrected chi connectivity index (χ0v) is 12.7. The lowest BCUT2D eigenvalue weighted by molar-refractivity contribution is -0.115. The van der Waals surface area contributed by atoms with Crippen LogP contribution in [0.25, 0.3) is 0 Å². The first-order chi connectivity index (χ1) is 11.6. The fourth-order valence-electron chi connectivity index (χ4n) is 2.42. The topological polar surface area (TPSA) is 79.5 Å². The summed E-state index contributed by atoms with van der Waals surface area (Å²) >= 11 is 0. The molecule has 3 rings (SSSR count). The molecule has 1 atom stereocenters. The van der Waals surface area contributed by atoms with Crippen molar-refractivity contribution in [3.63, 3.8) is 0 Å². The fraction of sp³-hybridized carbons (Fsp3) is 0.176. The largest absolute Gasteiger partial charge is 0.491 e. The van der Waals surface area contributed by atoms with Crippen LogP contribution < -0.4 is 20.7 Å². The molecule has 6 nitrogen and oxygen atoms in total. The van der Waals surface area contributed by atoms with Crippen molar-refractivity contribution in [3.8, 4) is 5.75 Å². The predicted molar refractivity (Wildman–Crippen MR) is 86.2 cm³/mol. The fourth-order valence-corrected chi connectivity index (χ4v) is 2.42. The number of benzene rings is 2. The Morgan fingerprint density at radius 1 is 1.17 bits per heavy atom. The second kappa shape index (κ2) is 6.99. The highest BCUT2D eigenvalue weighted by molar-refractivity contribution is 5.94. The smallest absolute Gasteiger partial charge is 0.315 e. The lowest BCUT2D eigenvalue weighted by Gasteiger charge is -2.13. The zero-order chi connectivity index (χ0) is 16.9. The van der Waals surface area contributed by atoms with Gasteiger partial charge in [0, 0.05) is 11.3 Å². The van der Waals surface area contributed by atoms with Gasteiger partial charge in [-0.3, -0.25) is 4.79 Å². The first kappa shape index (κ1) is 15.8. The summed E-state index contributed by atoms with van der Waals surface area (Å²) in [6.45, 7) is 0.125. The quantitative estimate of drug-likeness (QED) is 0.804. The Hall–Kier alpha value is -3.09. The van der Waals surface area contributed by atoms with Gasteiger partial charge < -0.3 is 20.7 Å². The number of hydrogen-bond acceptors (Lipinski definition) is 3. The van der Waals surface area contributed by atoms with E-state index < -0.39 is 17.8 Å². The number of hydrogen-bond donors (Lipinski definition) is 3. The molecule has 0 saturated carbocycles. The Morgan fingerprint density at radius 2 is 2.00 bits per heavy atom. The molecule has 0 radical (unpaired) electrons. The molecule has 124 valence electrons. The van der Waals surface area contributed by atoms with Gasteiger partial charge in [0.05, 0.1) is 12.6 Å². The Balaban J connectivity index is 1.47. The number of halogens is 1. The molecule has 1 heterocycles. The van der Waals surface area contributed by atoms with Crippen molar-refractivity contribution < 1.29 is 18.7 Å². The minimum absolute atomic E-state index is 0.225. The van der Waals surface area contributed by atoms with E-state index in [4.69, 9.17) is 4.74 Å². The van der Waals surface area contributed by atoms with Gasteiger partial charge in [0.2, 0.25) is 5.91 Å². The van der Waals surface area contributed by atoms with E-state index in [1.54, 1.807) is 6.07 Å². The second-order valence-corrected chi connectivity index (χ2v) is 5.29. The van der Waals surface area contributed by atoms with Crippen molar-refractivity contribution in [3.05, 3.63) is 59.9 Å². The maximum absolute atomic E-state index is 13.0. The normalized spacial score (nSPS) is 15.1. The molecule has 3 N–H and O–H groups in total. The van der Waals surface area contributed by atoms with Gasteiger partial charge in [-0.15, -0.1) is 0 Å². The molecule has 0 aromatic heterocycles. The van der Waals surface area contributed by atoms with E-state index in [-0.39, 0.29) is 12.6 Å². The van der Waals surface area contributed by atoms with Gasteiger partial charge in [0.1, 0.15) is 18.2 Å². The molecular weight excluding hydrogens is 313 g/mol. The minimum atomic E-state index is -0.477. The SMILES string of the molecule is O=C(CNC(=O)NC1COc2ccccc21)Nc1cccc(F)c1. The van der Waals surface area contributed by atoms with Crippen LogP contribution in [0.5, 0.6) is 5.75 Å². The van der Waals surface area contributed by atoms with Crippen LogP contribution in [0, 0.1) is 5.82 Å². The van der Waals surface area contributed by atoms with Crippen molar-refractivity contribution in [1.82, 2.24) is 10.6 Å². The monoisotopic (exact) mass is 329 g/mol. The van der Waals surface area contributed by atoms with Crippen molar-refractivity contribution in [2.24, 2.45) is 0 Å². The highest BCUT2D eigenvalue weighted by Crippen LogP contribution is 2.31. The van der Waals surface area contributed by atoms with E-state index in [1.165, 1.54) is 18.2 Å². The molecule has 0 aliphatic carbocycles. The average molecular weight is 329 g/mol. The molecule has 1 aliphatic heterocycles. The van der Waals surface area contributed by atoms with Crippen LogP contribution in [-0.2, 0) is 4.79 Å². The first-order valence-corrected chi connectivity index (χ1v) is 7.43. The number of rotatable bonds is 4. The van der Waals surface area contributed by atoms with Gasteiger partial charge in [-0.05, 0) is 24.3 Å². The third kappa shape index (κ3) is 3.81. The van der Waals surface area contributed by atoms with Crippen molar-refractivity contribution in [1.29, 1.82) is 0 Å². The van der Waals surface area contributed by atoms with Gasteiger partial charge in [-0.1, -0.05) is 24.3 Å². The number of ether oxygens (including phenoxy) is 1. The van der Waals surface area contributed by atoms with Gasteiger partial charge in [0.25, 0.3) is 0 Å². The van der Waals surface area contributed by atoms with E-state index in [2.05, 4.69) is 16.0 Å². The third-order valence-electron chi connectivity index (χ3n) is 3.52. The minimum Gasteiger partial charge on any atom is -0.491 e. The Kier molecular flexibility index (Phi) is 4.60. The van der Waals surface area contributed by atoms with Gasteiger partial charge in [0.15, 0.2) is 0 Å². The summed E-state index contributed by atoms with van der Waals surface area (Å²) in [5.74, 6) is -0.149. The predicted octanol–water partition coefficient (Wildman–Crippen LogP) is 2.20. The van der Waals surface area contributed by atoms with E-state index in [0.717, 1.165) is 11.3 Å². The second-order valence-electron chi connectivity index (χ2n) is 5.29. The summed E-state index contributed by atoms with van der Waals surface area (Å²) in [4.78, 5) is 23.7. The number of nitrogens with one attached hydrogen (secondary N) is 3. The van der Waals surface area contributed by atoms with Crippen LogP contribution in [0.15, 0.2) is 48.5 Å². The standard InChI is InChI=1S/C17H16FN3O3/c18-11-4-3-5-12(8-11)20-16(22)9-19-17(23)21-14-10-24-15-7-2-1-6-13(14)15/h1-8,14H,9-10H2,(H,20,22)(H2,19,21,23). The molecule has 2 aromatic carbocycles. The van der Waals surface area contributed by atoms with Gasteiger partial charge in [-0.2, -0.15) is 0 Å². The molecule has 24 heavy (non-hydrogen) atoms. The number of anilines is 1. The summed E-state index contributed by atoms with van der Waals surface area (Å²) < 4.78 is 18.5. The number of fused-ring (bicyclic) bond motifs is 1. The molecular formula is C17H16FN3O3. The zero-order valence-electron chi connectivity index (χ0n) is 12.7. The number of carbonyl (C=O) groups is 2.